The Kier molecular flexibility index (Phi) is 3.56. The fourth-order valence-corrected chi connectivity index (χ4v) is 2.70. The van der Waals surface area contributed by atoms with Gasteiger partial charge in [-0.15, -0.1) is 0 Å². The molecule has 100 valence electrons. The molecule has 1 fully saturated rings. The first-order valence-corrected chi connectivity index (χ1v) is 7.09. The van der Waals surface area contributed by atoms with Crippen LogP contribution in [0.4, 0.5) is 11.5 Å². The van der Waals surface area contributed by atoms with Crippen LogP contribution in [0.1, 0.15) is 5.82 Å². The van der Waals surface area contributed by atoms with Gasteiger partial charge in [-0.2, -0.15) is 4.37 Å². The monoisotopic (exact) mass is 276 g/mol. The minimum absolute atomic E-state index is 0.747. The van der Waals surface area contributed by atoms with E-state index >= 15 is 0 Å². The summed E-state index contributed by atoms with van der Waals surface area (Å²) in [6, 6.07) is 3.76. The quantitative estimate of drug-likeness (QED) is 0.895. The summed E-state index contributed by atoms with van der Waals surface area (Å²) < 4.78 is 4.24. The number of hydrogen-bond donors (Lipinski definition) is 1. The fraction of sp³-hybridized carbons (Fsp3) is 0.417. The third-order valence-electron chi connectivity index (χ3n) is 3.26. The van der Waals surface area contributed by atoms with Crippen LogP contribution in [0.2, 0.25) is 0 Å². The van der Waals surface area contributed by atoms with Crippen molar-refractivity contribution in [1.29, 1.82) is 0 Å². The van der Waals surface area contributed by atoms with Gasteiger partial charge in [0.05, 0.1) is 12.2 Å². The number of rotatable bonds is 3. The molecule has 19 heavy (non-hydrogen) atoms. The van der Waals surface area contributed by atoms with Gasteiger partial charge >= 0.3 is 0 Å². The molecule has 0 aliphatic carbocycles. The molecular formula is C12H16N6S. The Hall–Kier alpha value is -1.73. The third-order valence-corrected chi connectivity index (χ3v) is 3.78. The van der Waals surface area contributed by atoms with Crippen molar-refractivity contribution in [1.82, 2.24) is 19.2 Å². The van der Waals surface area contributed by atoms with Gasteiger partial charge in [-0.3, -0.25) is 4.90 Å². The molecule has 2 N–H and O–H groups in total. The maximum atomic E-state index is 5.96. The predicted octanol–water partition coefficient (Wildman–Crippen LogP) is 0.837. The van der Waals surface area contributed by atoms with Crippen LogP contribution in [-0.2, 0) is 6.54 Å². The number of nitrogens with zero attached hydrogens (tertiary/aromatic N) is 5. The Labute approximate surface area is 116 Å². The average molecular weight is 276 g/mol. The Morgan fingerprint density at radius 3 is 2.74 bits per heavy atom. The van der Waals surface area contributed by atoms with Crippen LogP contribution < -0.4 is 10.6 Å². The summed E-state index contributed by atoms with van der Waals surface area (Å²) in [6.07, 6.45) is 1.79. The van der Waals surface area contributed by atoms with E-state index in [4.69, 9.17) is 5.73 Å². The van der Waals surface area contributed by atoms with Gasteiger partial charge < -0.3 is 10.6 Å². The Bertz CT molecular complexity index is 521. The van der Waals surface area contributed by atoms with E-state index in [0.29, 0.717) is 0 Å². The second kappa shape index (κ2) is 5.50. The van der Waals surface area contributed by atoms with E-state index < -0.39 is 0 Å². The van der Waals surface area contributed by atoms with Crippen molar-refractivity contribution in [3.05, 3.63) is 29.7 Å². The zero-order valence-electron chi connectivity index (χ0n) is 10.6. The van der Waals surface area contributed by atoms with Crippen LogP contribution in [0.15, 0.2) is 23.8 Å². The molecule has 2 aromatic rings. The molecule has 6 nitrogen and oxygen atoms in total. The fourth-order valence-electron chi connectivity index (χ4n) is 2.25. The van der Waals surface area contributed by atoms with E-state index in [2.05, 4.69) is 24.1 Å². The van der Waals surface area contributed by atoms with E-state index in [1.807, 2.05) is 12.1 Å². The molecule has 1 aliphatic heterocycles. The maximum absolute atomic E-state index is 5.96. The molecule has 3 rings (SSSR count). The van der Waals surface area contributed by atoms with Gasteiger partial charge in [-0.05, 0) is 23.7 Å². The highest BCUT2D eigenvalue weighted by molar-refractivity contribution is 7.03. The summed E-state index contributed by atoms with van der Waals surface area (Å²) in [5.41, 5.74) is 8.48. The molecule has 7 heteroatoms. The predicted molar refractivity (Wildman–Crippen MR) is 76.0 cm³/mol. The lowest BCUT2D eigenvalue weighted by molar-refractivity contribution is 0.244. The first-order chi connectivity index (χ1) is 9.33. The second-order valence-electron chi connectivity index (χ2n) is 4.53. The molecule has 1 aliphatic rings. The van der Waals surface area contributed by atoms with Crippen LogP contribution in [0.25, 0.3) is 0 Å². The molecule has 0 bridgehead atoms. The van der Waals surface area contributed by atoms with E-state index in [1.54, 1.807) is 11.7 Å². The van der Waals surface area contributed by atoms with Crippen molar-refractivity contribution in [2.24, 2.45) is 0 Å². The van der Waals surface area contributed by atoms with Gasteiger partial charge in [-0.25, -0.2) is 9.97 Å². The minimum Gasteiger partial charge on any atom is -0.396 e. The zero-order valence-corrected chi connectivity index (χ0v) is 11.4. The lowest BCUT2D eigenvalue weighted by Gasteiger charge is -2.35. The highest BCUT2D eigenvalue weighted by Gasteiger charge is 2.20. The molecule has 3 heterocycles. The minimum atomic E-state index is 0.747. The van der Waals surface area contributed by atoms with Gasteiger partial charge in [0.15, 0.2) is 11.6 Å². The van der Waals surface area contributed by atoms with Gasteiger partial charge in [0.2, 0.25) is 0 Å². The van der Waals surface area contributed by atoms with E-state index in [9.17, 15) is 0 Å². The van der Waals surface area contributed by atoms with Crippen LogP contribution in [-0.4, -0.2) is 45.4 Å². The summed E-state index contributed by atoms with van der Waals surface area (Å²) in [5.74, 6) is 1.81. The molecule has 2 aromatic heterocycles. The number of piperazine rings is 1. The lowest BCUT2D eigenvalue weighted by atomic mass is 10.3. The molecule has 0 spiro atoms. The van der Waals surface area contributed by atoms with Crippen LogP contribution in [0.5, 0.6) is 0 Å². The highest BCUT2D eigenvalue weighted by atomic mass is 32.1. The summed E-state index contributed by atoms with van der Waals surface area (Å²) in [7, 11) is 0. The number of nitrogen functional groups attached to an aromatic ring is 1. The van der Waals surface area contributed by atoms with Crippen LogP contribution in [0, 0.1) is 0 Å². The zero-order chi connectivity index (χ0) is 13.1. The molecule has 0 radical (unpaired) electrons. The summed E-state index contributed by atoms with van der Waals surface area (Å²) in [4.78, 5) is 13.2. The summed E-state index contributed by atoms with van der Waals surface area (Å²) in [5, 5.41) is 0. The third kappa shape index (κ3) is 2.82. The van der Waals surface area contributed by atoms with Crippen LogP contribution >= 0.6 is 11.5 Å². The van der Waals surface area contributed by atoms with Crippen molar-refractivity contribution < 1.29 is 0 Å². The maximum Gasteiger partial charge on any atom is 0.156 e. The number of pyridine rings is 1. The van der Waals surface area contributed by atoms with Crippen molar-refractivity contribution >= 4 is 23.0 Å². The molecule has 0 aromatic carbocycles. The molecule has 1 saturated heterocycles. The van der Waals surface area contributed by atoms with Gasteiger partial charge in [0, 0.05) is 32.4 Å². The topological polar surface area (TPSA) is 71.2 Å². The van der Waals surface area contributed by atoms with Gasteiger partial charge in [0.1, 0.15) is 5.51 Å². The smallest absolute Gasteiger partial charge is 0.156 e. The molecule has 0 amide bonds. The summed E-state index contributed by atoms with van der Waals surface area (Å²) >= 11 is 1.40. The average Bonchev–Trinajstić information content (AvgIpc) is 2.93. The van der Waals surface area contributed by atoms with Crippen molar-refractivity contribution in [3.8, 4) is 0 Å². The Morgan fingerprint density at radius 1 is 1.21 bits per heavy atom. The Morgan fingerprint density at radius 2 is 2.05 bits per heavy atom. The van der Waals surface area contributed by atoms with Gasteiger partial charge in [0.25, 0.3) is 0 Å². The SMILES string of the molecule is Nc1cccnc1N1CCN(Cc2ncsn2)CC1. The first-order valence-electron chi connectivity index (χ1n) is 6.26. The molecule has 0 saturated carbocycles. The normalized spacial score (nSPS) is 16.7. The lowest BCUT2D eigenvalue weighted by Crippen LogP contribution is -2.46. The number of aromatic nitrogens is 3. The molecule has 0 unspecified atom stereocenters. The van der Waals surface area contributed by atoms with E-state index in [0.717, 1.165) is 50.1 Å². The standard InChI is InChI=1S/C12H16N6S/c13-10-2-1-3-14-12(10)18-6-4-17(5-7-18)8-11-15-9-19-16-11/h1-3,9H,4-8,13H2. The van der Waals surface area contributed by atoms with E-state index in [-0.39, 0.29) is 0 Å². The summed E-state index contributed by atoms with van der Waals surface area (Å²) in [6.45, 7) is 4.66. The van der Waals surface area contributed by atoms with Gasteiger partial charge in [-0.1, -0.05) is 0 Å². The largest absolute Gasteiger partial charge is 0.396 e. The Balaban J connectivity index is 1.59. The second-order valence-corrected chi connectivity index (χ2v) is 5.13. The van der Waals surface area contributed by atoms with Crippen molar-refractivity contribution in [2.75, 3.05) is 36.8 Å². The highest BCUT2D eigenvalue weighted by Crippen LogP contribution is 2.20. The van der Waals surface area contributed by atoms with Crippen molar-refractivity contribution in [3.63, 3.8) is 0 Å². The van der Waals surface area contributed by atoms with Crippen molar-refractivity contribution in [2.45, 2.75) is 6.54 Å². The number of hydrogen-bond acceptors (Lipinski definition) is 7. The van der Waals surface area contributed by atoms with Crippen LogP contribution in [0.3, 0.4) is 0 Å². The number of nitrogens with two attached hydrogens (primary N) is 1. The first kappa shape index (κ1) is 12.3. The van der Waals surface area contributed by atoms with E-state index in [1.165, 1.54) is 11.5 Å². The molecular weight excluding hydrogens is 260 g/mol. The number of anilines is 2. The molecule has 0 atom stereocenters.